The second kappa shape index (κ2) is 8.72. The minimum absolute atomic E-state index is 0.0768. The lowest BCUT2D eigenvalue weighted by atomic mass is 10.2. The average Bonchev–Trinajstić information content (AvgIpc) is 2.60. The molecular weight excluding hydrogens is 326 g/mol. The molecule has 0 radical (unpaired) electrons. The fourth-order valence-electron chi connectivity index (χ4n) is 2.67. The lowest BCUT2D eigenvalue weighted by Crippen LogP contribution is -2.54. The fraction of sp³-hybridized carbons (Fsp3) is 0.444. The first-order valence-electron chi connectivity index (χ1n) is 8.03. The van der Waals surface area contributed by atoms with Crippen LogP contribution in [-0.4, -0.2) is 60.4 Å². The molecule has 24 heavy (non-hydrogen) atoms. The van der Waals surface area contributed by atoms with Crippen molar-refractivity contribution in [1.82, 2.24) is 15.1 Å². The normalized spacial score (nSPS) is 16.3. The number of amides is 2. The molecule has 0 saturated carbocycles. The number of benzene rings is 1. The SMILES string of the molecule is C#CCCN1CCN(C(=O)[C@H](C)NC(=O)c2ccccc2Cl)CC1. The van der Waals surface area contributed by atoms with Gasteiger partial charge in [0.15, 0.2) is 0 Å². The largest absolute Gasteiger partial charge is 0.340 e. The minimum atomic E-state index is -0.592. The maximum Gasteiger partial charge on any atom is 0.253 e. The summed E-state index contributed by atoms with van der Waals surface area (Å²) in [7, 11) is 0. The number of piperazine rings is 1. The second-order valence-electron chi connectivity index (χ2n) is 5.80. The van der Waals surface area contributed by atoms with E-state index in [1.165, 1.54) is 0 Å². The average molecular weight is 348 g/mol. The highest BCUT2D eigenvalue weighted by molar-refractivity contribution is 6.33. The van der Waals surface area contributed by atoms with Gasteiger partial charge >= 0.3 is 0 Å². The van der Waals surface area contributed by atoms with Crippen molar-refractivity contribution in [3.05, 3.63) is 34.9 Å². The van der Waals surface area contributed by atoms with Crippen molar-refractivity contribution in [1.29, 1.82) is 0 Å². The van der Waals surface area contributed by atoms with Gasteiger partial charge in [0.25, 0.3) is 5.91 Å². The molecule has 128 valence electrons. The predicted molar refractivity (Wildman–Crippen MR) is 94.9 cm³/mol. The number of terminal acetylenes is 1. The van der Waals surface area contributed by atoms with Gasteiger partial charge in [0, 0.05) is 39.1 Å². The van der Waals surface area contributed by atoms with E-state index in [1.807, 2.05) is 0 Å². The van der Waals surface area contributed by atoms with Crippen molar-refractivity contribution in [2.45, 2.75) is 19.4 Å². The fourth-order valence-corrected chi connectivity index (χ4v) is 2.89. The Kier molecular flexibility index (Phi) is 6.65. The molecule has 5 nitrogen and oxygen atoms in total. The molecule has 2 rings (SSSR count). The first-order valence-corrected chi connectivity index (χ1v) is 8.40. The molecule has 1 aromatic rings. The van der Waals surface area contributed by atoms with Gasteiger partial charge in [-0.3, -0.25) is 14.5 Å². The Morgan fingerprint density at radius 2 is 1.96 bits per heavy atom. The van der Waals surface area contributed by atoms with Crippen molar-refractivity contribution < 1.29 is 9.59 Å². The van der Waals surface area contributed by atoms with Gasteiger partial charge in [0.2, 0.25) is 5.91 Å². The first-order chi connectivity index (χ1) is 11.5. The molecule has 1 aromatic carbocycles. The highest BCUT2D eigenvalue weighted by Gasteiger charge is 2.26. The van der Waals surface area contributed by atoms with Gasteiger partial charge in [-0.25, -0.2) is 0 Å². The molecule has 2 amide bonds. The van der Waals surface area contributed by atoms with Crippen molar-refractivity contribution in [2.75, 3.05) is 32.7 Å². The molecule has 1 aliphatic heterocycles. The summed E-state index contributed by atoms with van der Waals surface area (Å²) >= 11 is 6.01. The summed E-state index contributed by atoms with van der Waals surface area (Å²) in [5, 5.41) is 3.10. The van der Waals surface area contributed by atoms with Crippen molar-refractivity contribution in [3.8, 4) is 12.3 Å². The van der Waals surface area contributed by atoms with E-state index >= 15 is 0 Å². The Balaban J connectivity index is 1.86. The lowest BCUT2D eigenvalue weighted by molar-refractivity contribution is -0.134. The Hall–Kier alpha value is -2.03. The van der Waals surface area contributed by atoms with Gasteiger partial charge in [0.05, 0.1) is 10.6 Å². The molecule has 0 bridgehead atoms. The third-order valence-corrected chi connectivity index (χ3v) is 4.42. The summed E-state index contributed by atoms with van der Waals surface area (Å²) in [6.07, 6.45) is 6.00. The zero-order valence-electron chi connectivity index (χ0n) is 13.8. The Morgan fingerprint density at radius 3 is 2.58 bits per heavy atom. The van der Waals surface area contributed by atoms with E-state index < -0.39 is 6.04 Å². The summed E-state index contributed by atoms with van der Waals surface area (Å²) in [4.78, 5) is 28.8. The van der Waals surface area contributed by atoms with E-state index in [0.29, 0.717) is 23.7 Å². The van der Waals surface area contributed by atoms with Gasteiger partial charge in [-0.15, -0.1) is 12.3 Å². The third kappa shape index (κ3) is 4.73. The van der Waals surface area contributed by atoms with Crippen molar-refractivity contribution in [3.63, 3.8) is 0 Å². The van der Waals surface area contributed by atoms with Crippen LogP contribution in [0.2, 0.25) is 5.02 Å². The van der Waals surface area contributed by atoms with Gasteiger partial charge in [-0.1, -0.05) is 23.7 Å². The highest BCUT2D eigenvalue weighted by Crippen LogP contribution is 2.15. The molecule has 1 N–H and O–H groups in total. The number of hydrogen-bond acceptors (Lipinski definition) is 3. The van der Waals surface area contributed by atoms with Crippen LogP contribution < -0.4 is 5.32 Å². The zero-order chi connectivity index (χ0) is 17.5. The van der Waals surface area contributed by atoms with Crippen LogP contribution in [0.5, 0.6) is 0 Å². The molecule has 1 heterocycles. The predicted octanol–water partition coefficient (Wildman–Crippen LogP) is 1.63. The molecule has 0 spiro atoms. The Labute approximate surface area is 147 Å². The highest BCUT2D eigenvalue weighted by atomic mass is 35.5. The van der Waals surface area contributed by atoms with E-state index in [9.17, 15) is 9.59 Å². The first kappa shape index (κ1) is 18.3. The van der Waals surface area contributed by atoms with Gasteiger partial charge < -0.3 is 10.2 Å². The van der Waals surface area contributed by atoms with Crippen molar-refractivity contribution in [2.24, 2.45) is 0 Å². The van der Waals surface area contributed by atoms with E-state index in [-0.39, 0.29) is 11.8 Å². The zero-order valence-corrected chi connectivity index (χ0v) is 14.6. The van der Waals surface area contributed by atoms with E-state index in [2.05, 4.69) is 16.1 Å². The number of rotatable bonds is 5. The Bertz CT molecular complexity index is 633. The number of carbonyl (C=O) groups excluding carboxylic acids is 2. The quantitative estimate of drug-likeness (QED) is 0.824. The van der Waals surface area contributed by atoms with E-state index in [0.717, 1.165) is 26.1 Å². The van der Waals surface area contributed by atoms with Gasteiger partial charge in [-0.2, -0.15) is 0 Å². The van der Waals surface area contributed by atoms with Crippen LogP contribution in [0.1, 0.15) is 23.7 Å². The summed E-state index contributed by atoms with van der Waals surface area (Å²) in [6, 6.07) is 6.19. The topological polar surface area (TPSA) is 52.6 Å². The molecular formula is C18H22ClN3O2. The van der Waals surface area contributed by atoms with Gasteiger partial charge in [-0.05, 0) is 19.1 Å². The monoisotopic (exact) mass is 347 g/mol. The van der Waals surface area contributed by atoms with Crippen LogP contribution in [0.25, 0.3) is 0 Å². The maximum absolute atomic E-state index is 12.5. The molecule has 1 saturated heterocycles. The molecule has 0 aliphatic carbocycles. The molecule has 1 fully saturated rings. The number of halogens is 1. The summed E-state index contributed by atoms with van der Waals surface area (Å²) in [6.45, 7) is 5.46. The number of nitrogens with zero attached hydrogens (tertiary/aromatic N) is 2. The number of carbonyl (C=O) groups is 2. The smallest absolute Gasteiger partial charge is 0.253 e. The summed E-state index contributed by atoms with van der Waals surface area (Å²) in [5.74, 6) is 2.21. The van der Waals surface area contributed by atoms with Crippen molar-refractivity contribution >= 4 is 23.4 Å². The van der Waals surface area contributed by atoms with Crippen LogP contribution in [0, 0.1) is 12.3 Å². The molecule has 0 unspecified atom stereocenters. The number of hydrogen-bond donors (Lipinski definition) is 1. The van der Waals surface area contributed by atoms with Crippen LogP contribution in [0.4, 0.5) is 0 Å². The van der Waals surface area contributed by atoms with Crippen LogP contribution >= 0.6 is 11.6 Å². The van der Waals surface area contributed by atoms with Crippen LogP contribution in [0.3, 0.4) is 0 Å². The Morgan fingerprint density at radius 1 is 1.29 bits per heavy atom. The van der Waals surface area contributed by atoms with Crippen LogP contribution in [-0.2, 0) is 4.79 Å². The summed E-state index contributed by atoms with van der Waals surface area (Å²) in [5.41, 5.74) is 0.373. The molecule has 6 heteroatoms. The van der Waals surface area contributed by atoms with E-state index in [1.54, 1.807) is 36.1 Å². The van der Waals surface area contributed by atoms with E-state index in [4.69, 9.17) is 18.0 Å². The second-order valence-corrected chi connectivity index (χ2v) is 6.20. The molecule has 0 aromatic heterocycles. The molecule has 1 atom stereocenters. The minimum Gasteiger partial charge on any atom is -0.340 e. The standard InChI is InChI=1S/C18H22ClN3O2/c1-3-4-9-21-10-12-22(13-11-21)18(24)14(2)20-17(23)15-7-5-6-8-16(15)19/h1,5-8,14H,4,9-13H2,2H3,(H,20,23)/t14-/m0/s1. The third-order valence-electron chi connectivity index (χ3n) is 4.09. The van der Waals surface area contributed by atoms with Crippen LogP contribution in [0.15, 0.2) is 24.3 Å². The summed E-state index contributed by atoms with van der Waals surface area (Å²) < 4.78 is 0. The maximum atomic E-state index is 12.5. The van der Waals surface area contributed by atoms with Gasteiger partial charge in [0.1, 0.15) is 6.04 Å². The number of nitrogens with one attached hydrogen (secondary N) is 1. The molecule has 1 aliphatic rings. The lowest BCUT2D eigenvalue weighted by Gasteiger charge is -2.35.